The van der Waals surface area contributed by atoms with Crippen LogP contribution in [0.4, 0.5) is 0 Å². The maximum absolute atomic E-state index is 13.2. The van der Waals surface area contributed by atoms with Crippen LogP contribution in [0.2, 0.25) is 20.1 Å². The molecule has 12 nitrogen and oxygen atoms in total. The summed E-state index contributed by atoms with van der Waals surface area (Å²) >= 11 is 25.0. The van der Waals surface area contributed by atoms with Gasteiger partial charge in [-0.3, -0.25) is 29.1 Å². The molecule has 0 spiro atoms. The smallest absolute Gasteiger partial charge is 0.326 e. The molecule has 0 fully saturated rings. The van der Waals surface area contributed by atoms with Crippen LogP contribution in [0.5, 0.6) is 0 Å². The first-order valence-electron chi connectivity index (χ1n) is 18.4. The van der Waals surface area contributed by atoms with E-state index in [9.17, 15) is 19.2 Å². The Bertz CT molecular complexity index is 2160. The summed E-state index contributed by atoms with van der Waals surface area (Å²) in [5, 5.41) is 1.82. The van der Waals surface area contributed by atoms with Crippen LogP contribution < -0.4 is 11.5 Å². The lowest BCUT2D eigenvalue weighted by Crippen LogP contribution is -2.35. The molecule has 0 aliphatic carbocycles. The summed E-state index contributed by atoms with van der Waals surface area (Å²) in [6.07, 6.45) is 0. The summed E-state index contributed by atoms with van der Waals surface area (Å²) in [7, 11) is 0. The van der Waals surface area contributed by atoms with Crippen molar-refractivity contribution in [1.29, 1.82) is 0 Å². The fourth-order valence-corrected chi connectivity index (χ4v) is 7.91. The average molecular weight is 873 g/mol. The third kappa shape index (κ3) is 9.93. The van der Waals surface area contributed by atoms with Gasteiger partial charge in [0.1, 0.15) is 24.3 Å². The summed E-state index contributed by atoms with van der Waals surface area (Å²) in [6.45, 7) is 14.9. The van der Waals surface area contributed by atoms with Gasteiger partial charge in [0.2, 0.25) is 0 Å². The van der Waals surface area contributed by atoms with Crippen LogP contribution in [0, 0.1) is 13.8 Å². The Morgan fingerprint density at radius 3 is 1.28 bits per heavy atom. The van der Waals surface area contributed by atoms with E-state index in [0.29, 0.717) is 64.9 Å². The minimum Gasteiger partial charge on any atom is -0.459 e. The molecule has 4 aromatic rings. The van der Waals surface area contributed by atoms with Gasteiger partial charge in [0, 0.05) is 66.8 Å². The Labute approximate surface area is 358 Å². The van der Waals surface area contributed by atoms with Gasteiger partial charge in [0.15, 0.2) is 0 Å². The van der Waals surface area contributed by atoms with Crippen molar-refractivity contribution in [2.45, 2.75) is 92.8 Å². The van der Waals surface area contributed by atoms with Crippen LogP contribution in [0.15, 0.2) is 36.4 Å². The van der Waals surface area contributed by atoms with Gasteiger partial charge in [-0.2, -0.15) is 0 Å². The minimum atomic E-state index is -0.629. The van der Waals surface area contributed by atoms with E-state index >= 15 is 0 Å². The van der Waals surface area contributed by atoms with Gasteiger partial charge < -0.3 is 30.7 Å². The first kappa shape index (κ1) is 44.8. The van der Waals surface area contributed by atoms with E-state index in [1.807, 2.05) is 13.8 Å². The number of ether oxygens (including phenoxy) is 2. The minimum absolute atomic E-state index is 0.155. The van der Waals surface area contributed by atoms with E-state index in [0.717, 1.165) is 22.5 Å². The Balaban J connectivity index is 0.000000221. The standard InChI is InChI=1S/2C21H23Cl2N3O3/c2*1-11-14(8-24)18(13-6-5-12(22)7-15(13)23)19-16(25-11)9-26(20(19)28)10-17(27)29-21(2,3)4/h2*5-7H,8-10,24H2,1-4H3. The Morgan fingerprint density at radius 2 is 0.983 bits per heavy atom. The maximum Gasteiger partial charge on any atom is 0.326 e. The topological polar surface area (TPSA) is 171 Å². The van der Waals surface area contributed by atoms with E-state index in [2.05, 4.69) is 9.97 Å². The summed E-state index contributed by atoms with van der Waals surface area (Å²) in [5.74, 6) is -1.54. The molecule has 0 radical (unpaired) electrons. The van der Waals surface area contributed by atoms with E-state index in [-0.39, 0.29) is 51.1 Å². The molecule has 16 heteroatoms. The van der Waals surface area contributed by atoms with Crippen molar-refractivity contribution < 1.29 is 28.7 Å². The molecule has 0 bridgehead atoms. The molecule has 2 aliphatic heterocycles. The number of carbonyl (C=O) groups is 4. The first-order valence-corrected chi connectivity index (χ1v) is 19.9. The van der Waals surface area contributed by atoms with Gasteiger partial charge in [-0.05, 0) is 90.8 Å². The third-order valence-electron chi connectivity index (χ3n) is 9.13. The fraction of sp³-hybridized carbons (Fsp3) is 0.381. The van der Waals surface area contributed by atoms with Crippen molar-refractivity contribution in [3.05, 3.63) is 102 Å². The summed E-state index contributed by atoms with van der Waals surface area (Å²) < 4.78 is 10.7. The van der Waals surface area contributed by atoms with Gasteiger partial charge in [-0.1, -0.05) is 58.5 Å². The number of amides is 2. The van der Waals surface area contributed by atoms with Crippen LogP contribution in [-0.2, 0) is 45.2 Å². The molecular weight excluding hydrogens is 826 g/mol. The Morgan fingerprint density at radius 1 is 0.638 bits per heavy atom. The van der Waals surface area contributed by atoms with Crippen LogP contribution in [0.25, 0.3) is 22.3 Å². The number of halogens is 4. The molecule has 2 aromatic carbocycles. The van der Waals surface area contributed by atoms with Gasteiger partial charge in [-0.15, -0.1) is 0 Å². The number of pyridine rings is 2. The predicted octanol–water partition coefficient (Wildman–Crippen LogP) is 8.24. The molecule has 2 amide bonds. The van der Waals surface area contributed by atoms with Crippen molar-refractivity contribution >= 4 is 70.2 Å². The van der Waals surface area contributed by atoms with E-state index < -0.39 is 23.1 Å². The molecule has 2 aliphatic rings. The highest BCUT2D eigenvalue weighted by Crippen LogP contribution is 2.41. The highest BCUT2D eigenvalue weighted by molar-refractivity contribution is 6.37. The lowest BCUT2D eigenvalue weighted by atomic mass is 9.93. The van der Waals surface area contributed by atoms with Gasteiger partial charge in [0.05, 0.1) is 35.6 Å². The van der Waals surface area contributed by atoms with Gasteiger partial charge >= 0.3 is 11.9 Å². The molecule has 4 N–H and O–H groups in total. The molecule has 4 heterocycles. The molecule has 0 saturated carbocycles. The zero-order chi connectivity index (χ0) is 43.0. The molecule has 2 aromatic heterocycles. The van der Waals surface area contributed by atoms with E-state index in [4.69, 9.17) is 67.3 Å². The highest BCUT2D eigenvalue weighted by atomic mass is 35.5. The largest absolute Gasteiger partial charge is 0.459 e. The van der Waals surface area contributed by atoms with E-state index in [1.165, 1.54) is 9.80 Å². The van der Waals surface area contributed by atoms with Crippen LogP contribution in [0.3, 0.4) is 0 Å². The monoisotopic (exact) mass is 870 g/mol. The number of hydrogen-bond acceptors (Lipinski definition) is 10. The lowest BCUT2D eigenvalue weighted by molar-refractivity contribution is -0.156. The zero-order valence-electron chi connectivity index (χ0n) is 33.6. The van der Waals surface area contributed by atoms with Crippen LogP contribution in [0.1, 0.15) is 96.2 Å². The lowest BCUT2D eigenvalue weighted by Gasteiger charge is -2.22. The molecule has 0 unspecified atom stereocenters. The second kappa shape index (κ2) is 17.5. The van der Waals surface area contributed by atoms with Crippen LogP contribution >= 0.6 is 46.4 Å². The highest BCUT2D eigenvalue weighted by Gasteiger charge is 2.37. The molecule has 308 valence electrons. The second-order valence-electron chi connectivity index (χ2n) is 15.9. The van der Waals surface area contributed by atoms with Crippen molar-refractivity contribution in [1.82, 2.24) is 19.8 Å². The number of esters is 2. The molecule has 58 heavy (non-hydrogen) atoms. The number of carbonyl (C=O) groups excluding carboxylic acids is 4. The number of aryl methyl sites for hydroxylation is 2. The summed E-state index contributed by atoms with van der Waals surface area (Å²) in [4.78, 5) is 63.0. The molecule has 0 atom stereocenters. The maximum atomic E-state index is 13.2. The van der Waals surface area contributed by atoms with Crippen molar-refractivity contribution in [3.63, 3.8) is 0 Å². The third-order valence-corrected chi connectivity index (χ3v) is 10.2. The van der Waals surface area contributed by atoms with E-state index in [1.54, 1.807) is 77.9 Å². The van der Waals surface area contributed by atoms with Crippen molar-refractivity contribution in [3.8, 4) is 22.3 Å². The zero-order valence-corrected chi connectivity index (χ0v) is 36.6. The number of hydrogen-bond donors (Lipinski definition) is 2. The number of fused-ring (bicyclic) bond motifs is 2. The number of nitrogens with two attached hydrogens (primary N) is 2. The Kier molecular flexibility index (Phi) is 13.5. The van der Waals surface area contributed by atoms with Gasteiger partial charge in [-0.25, -0.2) is 0 Å². The number of rotatable bonds is 8. The van der Waals surface area contributed by atoms with Gasteiger partial charge in [0.25, 0.3) is 11.8 Å². The first-order chi connectivity index (χ1) is 27.0. The van der Waals surface area contributed by atoms with Crippen molar-refractivity contribution in [2.24, 2.45) is 11.5 Å². The predicted molar refractivity (Wildman–Crippen MR) is 226 cm³/mol. The molecule has 0 saturated heterocycles. The van der Waals surface area contributed by atoms with Crippen LogP contribution in [-0.4, -0.2) is 67.8 Å². The number of aromatic nitrogens is 2. The van der Waals surface area contributed by atoms with Crippen molar-refractivity contribution in [2.75, 3.05) is 13.1 Å². The Hall–Kier alpha value is -4.30. The second-order valence-corrected chi connectivity index (χ2v) is 17.6. The average Bonchev–Trinajstić information content (AvgIpc) is 3.55. The number of benzene rings is 2. The molecular formula is C42H46Cl4N6O6. The quantitative estimate of drug-likeness (QED) is 0.164. The number of nitrogens with zero attached hydrogens (tertiary/aromatic N) is 4. The molecule has 6 rings (SSSR count). The summed E-state index contributed by atoms with van der Waals surface area (Å²) in [6, 6.07) is 10.2. The normalized spacial score (nSPS) is 13.6. The fourth-order valence-electron chi connectivity index (χ4n) is 6.91. The summed E-state index contributed by atoms with van der Waals surface area (Å²) in [5.41, 5.74) is 18.3. The SMILES string of the molecule is Cc1nc2c(c(-c3ccc(Cl)cc3Cl)c1CN)C(=O)N(CC(=O)OC(C)(C)C)C2.Cc1nc2c(c(-c3ccc(Cl)cc3Cl)c1CN)C(=O)N(CC(=O)OC(C)(C)C)C2.